The van der Waals surface area contributed by atoms with Crippen molar-refractivity contribution in [2.45, 2.75) is 58.1 Å². The molecular formula is C22H29N3O5. The lowest BCUT2D eigenvalue weighted by atomic mass is 9.91. The van der Waals surface area contributed by atoms with Crippen molar-refractivity contribution in [3.05, 3.63) is 35.4 Å². The normalized spacial score (nSPS) is 23.0. The molecule has 1 aromatic rings. The van der Waals surface area contributed by atoms with Crippen LogP contribution < -0.4 is 5.32 Å². The molecule has 2 heterocycles. The van der Waals surface area contributed by atoms with Crippen molar-refractivity contribution < 1.29 is 23.9 Å². The van der Waals surface area contributed by atoms with Crippen molar-refractivity contribution in [1.29, 1.82) is 0 Å². The fraction of sp³-hybridized carbons (Fsp3) is 0.545. The number of urea groups is 1. The zero-order chi connectivity index (χ0) is 21.9. The van der Waals surface area contributed by atoms with Crippen LogP contribution >= 0.6 is 0 Å². The monoisotopic (exact) mass is 415 g/mol. The van der Waals surface area contributed by atoms with Crippen LogP contribution in [0.15, 0.2) is 24.3 Å². The van der Waals surface area contributed by atoms with Gasteiger partial charge in [0.1, 0.15) is 12.1 Å². The van der Waals surface area contributed by atoms with E-state index in [1.54, 1.807) is 24.0 Å². The minimum Gasteiger partial charge on any atom is -0.451 e. The Labute approximate surface area is 176 Å². The molecule has 0 aromatic heterocycles. The number of likely N-dealkylation sites (tertiary alicyclic amines) is 1. The van der Waals surface area contributed by atoms with Crippen LogP contribution in [0, 0.1) is 6.92 Å². The molecule has 0 unspecified atom stereocenters. The summed E-state index contributed by atoms with van der Waals surface area (Å²) in [7, 11) is 0. The van der Waals surface area contributed by atoms with Gasteiger partial charge in [-0.3, -0.25) is 19.3 Å². The second kappa shape index (κ2) is 8.85. The predicted octanol–water partition coefficient (Wildman–Crippen LogP) is 2.10. The molecule has 162 valence electrons. The number of aryl methyl sites for hydroxylation is 1. The standard InChI is InChI=1S/C22H29N3O5/c1-15-8-10-17(11-9-15)22(3)20(28)25(21(29)23-22)14-18(26)30-16(2)19(27)24-12-6-4-5-7-13-24/h8-11,16H,4-7,12-14H2,1-3H3,(H,23,29)/t16-,22-/m0/s1. The van der Waals surface area contributed by atoms with Gasteiger partial charge in [-0.25, -0.2) is 4.79 Å². The average Bonchev–Trinajstić information content (AvgIpc) is 2.91. The summed E-state index contributed by atoms with van der Waals surface area (Å²) in [6.07, 6.45) is 3.09. The molecule has 1 aromatic carbocycles. The SMILES string of the molecule is Cc1ccc([C@]2(C)NC(=O)N(CC(=O)O[C@@H](C)C(=O)N3CCCCCC3)C2=O)cc1. The summed E-state index contributed by atoms with van der Waals surface area (Å²) in [6.45, 7) is 5.83. The van der Waals surface area contributed by atoms with Crippen molar-refractivity contribution in [2.24, 2.45) is 0 Å². The molecule has 0 saturated carbocycles. The highest BCUT2D eigenvalue weighted by molar-refractivity contribution is 6.08. The molecule has 3 rings (SSSR count). The van der Waals surface area contributed by atoms with Gasteiger partial charge in [0.15, 0.2) is 6.10 Å². The Balaban J connectivity index is 1.62. The van der Waals surface area contributed by atoms with E-state index in [0.717, 1.165) is 36.1 Å². The van der Waals surface area contributed by atoms with E-state index < -0.39 is 36.1 Å². The van der Waals surface area contributed by atoms with Crippen LogP contribution in [0.1, 0.15) is 50.7 Å². The molecule has 30 heavy (non-hydrogen) atoms. The van der Waals surface area contributed by atoms with Crippen LogP contribution in [0.2, 0.25) is 0 Å². The van der Waals surface area contributed by atoms with Gasteiger partial charge in [0.2, 0.25) is 0 Å². The lowest BCUT2D eigenvalue weighted by molar-refractivity contribution is -0.160. The van der Waals surface area contributed by atoms with Crippen LogP contribution in [0.5, 0.6) is 0 Å². The van der Waals surface area contributed by atoms with Gasteiger partial charge in [-0.15, -0.1) is 0 Å². The van der Waals surface area contributed by atoms with Gasteiger partial charge in [-0.05, 0) is 39.2 Å². The van der Waals surface area contributed by atoms with E-state index in [1.165, 1.54) is 6.92 Å². The van der Waals surface area contributed by atoms with Crippen LogP contribution in [0.25, 0.3) is 0 Å². The van der Waals surface area contributed by atoms with Gasteiger partial charge in [-0.1, -0.05) is 42.7 Å². The fourth-order valence-corrected chi connectivity index (χ4v) is 3.89. The summed E-state index contributed by atoms with van der Waals surface area (Å²) in [5, 5.41) is 2.66. The Morgan fingerprint density at radius 2 is 1.70 bits per heavy atom. The maximum atomic E-state index is 12.9. The maximum Gasteiger partial charge on any atom is 0.327 e. The molecule has 2 saturated heterocycles. The van der Waals surface area contributed by atoms with Crippen LogP contribution in [-0.4, -0.2) is 59.4 Å². The van der Waals surface area contributed by atoms with E-state index in [9.17, 15) is 19.2 Å². The Kier molecular flexibility index (Phi) is 6.43. The van der Waals surface area contributed by atoms with Crippen LogP contribution in [0.3, 0.4) is 0 Å². The zero-order valence-electron chi connectivity index (χ0n) is 17.8. The number of rotatable bonds is 5. The lowest BCUT2D eigenvalue weighted by Crippen LogP contribution is -2.43. The summed E-state index contributed by atoms with van der Waals surface area (Å²) in [4.78, 5) is 52.8. The second-order valence-corrected chi connectivity index (χ2v) is 8.18. The molecule has 2 atom stereocenters. The summed E-state index contributed by atoms with van der Waals surface area (Å²) >= 11 is 0. The minimum atomic E-state index is -1.25. The molecule has 4 amide bonds. The third-order valence-corrected chi connectivity index (χ3v) is 5.76. The number of hydrogen-bond acceptors (Lipinski definition) is 5. The third-order valence-electron chi connectivity index (χ3n) is 5.76. The number of carbonyl (C=O) groups is 4. The molecule has 0 spiro atoms. The predicted molar refractivity (Wildman–Crippen MR) is 109 cm³/mol. The maximum absolute atomic E-state index is 12.9. The fourth-order valence-electron chi connectivity index (χ4n) is 3.89. The third kappa shape index (κ3) is 4.47. The number of nitrogens with zero attached hydrogens (tertiary/aromatic N) is 2. The van der Waals surface area contributed by atoms with Crippen molar-refractivity contribution >= 4 is 23.8 Å². The zero-order valence-corrected chi connectivity index (χ0v) is 17.8. The molecule has 2 fully saturated rings. The van der Waals surface area contributed by atoms with Gasteiger partial charge < -0.3 is 15.0 Å². The highest BCUT2D eigenvalue weighted by Crippen LogP contribution is 2.29. The van der Waals surface area contributed by atoms with Crippen LogP contribution in [-0.2, 0) is 24.7 Å². The molecule has 0 bridgehead atoms. The number of esters is 1. The summed E-state index contributed by atoms with van der Waals surface area (Å²) in [5.41, 5.74) is 0.410. The summed E-state index contributed by atoms with van der Waals surface area (Å²) in [5.74, 6) is -1.56. The van der Waals surface area contributed by atoms with E-state index in [1.807, 2.05) is 19.1 Å². The van der Waals surface area contributed by atoms with Crippen molar-refractivity contribution in [3.8, 4) is 0 Å². The van der Waals surface area contributed by atoms with Gasteiger partial charge >= 0.3 is 12.0 Å². The first-order valence-corrected chi connectivity index (χ1v) is 10.4. The van der Waals surface area contributed by atoms with Gasteiger partial charge in [0, 0.05) is 13.1 Å². The molecule has 2 aliphatic heterocycles. The number of benzene rings is 1. The highest BCUT2D eigenvalue weighted by Gasteiger charge is 2.49. The minimum absolute atomic E-state index is 0.244. The van der Waals surface area contributed by atoms with Gasteiger partial charge in [-0.2, -0.15) is 0 Å². The summed E-state index contributed by atoms with van der Waals surface area (Å²) < 4.78 is 5.25. The number of imide groups is 1. The quantitative estimate of drug-likeness (QED) is 0.587. The van der Waals surface area contributed by atoms with Crippen molar-refractivity contribution in [1.82, 2.24) is 15.1 Å². The first-order valence-electron chi connectivity index (χ1n) is 10.4. The Bertz CT molecular complexity index is 830. The number of hydrogen-bond donors (Lipinski definition) is 1. The topological polar surface area (TPSA) is 96.0 Å². The smallest absolute Gasteiger partial charge is 0.327 e. The Morgan fingerprint density at radius 1 is 1.10 bits per heavy atom. The molecule has 0 radical (unpaired) electrons. The van der Waals surface area contributed by atoms with E-state index >= 15 is 0 Å². The number of ether oxygens (including phenoxy) is 1. The van der Waals surface area contributed by atoms with Crippen molar-refractivity contribution in [2.75, 3.05) is 19.6 Å². The van der Waals surface area contributed by atoms with E-state index in [-0.39, 0.29) is 5.91 Å². The molecule has 8 nitrogen and oxygen atoms in total. The highest BCUT2D eigenvalue weighted by atomic mass is 16.5. The summed E-state index contributed by atoms with van der Waals surface area (Å²) in [6, 6.07) is 6.60. The molecule has 1 N–H and O–H groups in total. The molecule has 8 heteroatoms. The van der Waals surface area contributed by atoms with E-state index in [0.29, 0.717) is 18.7 Å². The van der Waals surface area contributed by atoms with E-state index in [2.05, 4.69) is 5.32 Å². The average molecular weight is 415 g/mol. The van der Waals surface area contributed by atoms with Gasteiger partial charge in [0.05, 0.1) is 0 Å². The lowest BCUT2D eigenvalue weighted by Gasteiger charge is -2.24. The van der Waals surface area contributed by atoms with Crippen molar-refractivity contribution in [3.63, 3.8) is 0 Å². The Morgan fingerprint density at radius 3 is 2.30 bits per heavy atom. The number of nitrogens with one attached hydrogen (secondary N) is 1. The van der Waals surface area contributed by atoms with E-state index in [4.69, 9.17) is 4.74 Å². The number of amides is 4. The second-order valence-electron chi connectivity index (χ2n) is 8.18. The largest absolute Gasteiger partial charge is 0.451 e. The van der Waals surface area contributed by atoms with Crippen LogP contribution in [0.4, 0.5) is 4.79 Å². The first-order chi connectivity index (χ1) is 14.2. The molecular weight excluding hydrogens is 386 g/mol. The molecule has 0 aliphatic carbocycles. The first kappa shape index (κ1) is 21.8. The molecule has 2 aliphatic rings. The van der Waals surface area contributed by atoms with Gasteiger partial charge in [0.25, 0.3) is 11.8 Å². The Hall–Kier alpha value is -2.90. The number of carbonyl (C=O) groups excluding carboxylic acids is 4.